The first-order valence-electron chi connectivity index (χ1n) is 8.75. The quantitative estimate of drug-likeness (QED) is 0.415. The monoisotopic (exact) mass is 313 g/mol. The lowest BCUT2D eigenvalue weighted by Crippen LogP contribution is -2.31. The van der Waals surface area contributed by atoms with Crippen LogP contribution in [0.25, 0.3) is 33.1 Å². The van der Waals surface area contributed by atoms with Gasteiger partial charge in [0.05, 0.1) is 5.56 Å². The summed E-state index contributed by atoms with van der Waals surface area (Å²) < 4.78 is 4.85. The summed E-state index contributed by atoms with van der Waals surface area (Å²) >= 11 is 0. The maximum atomic E-state index is 2.50. The molecule has 5 rings (SSSR count). The number of hydrogen-bond acceptors (Lipinski definition) is 0. The van der Waals surface area contributed by atoms with Crippen LogP contribution in [-0.2, 0) is 13.1 Å². The summed E-state index contributed by atoms with van der Waals surface area (Å²) in [4.78, 5) is 0. The van der Waals surface area contributed by atoms with Crippen molar-refractivity contribution in [3.05, 3.63) is 66.4 Å². The molecule has 2 nitrogen and oxygen atoms in total. The summed E-state index contributed by atoms with van der Waals surface area (Å²) in [5.74, 6) is 0.629. The number of hydrogen-bond donors (Lipinski definition) is 0. The van der Waals surface area contributed by atoms with Gasteiger partial charge < -0.3 is 4.57 Å². The van der Waals surface area contributed by atoms with Crippen molar-refractivity contribution in [2.24, 2.45) is 5.92 Å². The fourth-order valence-electron chi connectivity index (χ4n) is 4.11. The van der Waals surface area contributed by atoms with Crippen LogP contribution in [-0.4, -0.2) is 4.57 Å². The van der Waals surface area contributed by atoms with Crippen molar-refractivity contribution in [2.75, 3.05) is 0 Å². The number of pyridine rings is 1. The Morgan fingerprint density at radius 1 is 0.958 bits per heavy atom. The van der Waals surface area contributed by atoms with Crippen LogP contribution >= 0.6 is 0 Å². The van der Waals surface area contributed by atoms with Crippen molar-refractivity contribution in [1.82, 2.24) is 4.57 Å². The minimum absolute atomic E-state index is 0.629. The molecule has 1 aliphatic rings. The number of aromatic nitrogens is 2. The lowest BCUT2D eigenvalue weighted by atomic mass is 10.0. The molecule has 0 spiro atoms. The predicted octanol–water partition coefficient (Wildman–Crippen LogP) is 4.77. The van der Waals surface area contributed by atoms with Crippen molar-refractivity contribution in [3.63, 3.8) is 0 Å². The maximum absolute atomic E-state index is 2.50. The second-order valence-corrected chi connectivity index (χ2v) is 7.26. The molecule has 24 heavy (non-hydrogen) atoms. The highest BCUT2D eigenvalue weighted by Crippen LogP contribution is 2.36. The van der Waals surface area contributed by atoms with Crippen LogP contribution in [0.5, 0.6) is 0 Å². The third-order valence-electron chi connectivity index (χ3n) is 5.10. The zero-order valence-corrected chi connectivity index (χ0v) is 14.2. The van der Waals surface area contributed by atoms with Gasteiger partial charge in [-0.15, -0.1) is 0 Å². The van der Waals surface area contributed by atoms with Crippen molar-refractivity contribution in [3.8, 4) is 11.3 Å². The molecule has 0 fully saturated rings. The van der Waals surface area contributed by atoms with Gasteiger partial charge in [0.2, 0.25) is 5.69 Å². The summed E-state index contributed by atoms with van der Waals surface area (Å²) in [6.45, 7) is 6.62. The van der Waals surface area contributed by atoms with E-state index in [1.807, 2.05) is 0 Å². The second kappa shape index (κ2) is 4.94. The van der Waals surface area contributed by atoms with E-state index in [0.29, 0.717) is 5.92 Å². The van der Waals surface area contributed by atoms with Crippen molar-refractivity contribution in [1.29, 1.82) is 0 Å². The van der Waals surface area contributed by atoms with Crippen LogP contribution in [0.1, 0.15) is 19.4 Å². The van der Waals surface area contributed by atoms with E-state index in [2.05, 4.69) is 83.8 Å². The summed E-state index contributed by atoms with van der Waals surface area (Å²) in [6.07, 6.45) is 2.18. The van der Waals surface area contributed by atoms with Crippen molar-refractivity contribution < 1.29 is 4.57 Å². The number of para-hydroxylation sites is 1. The van der Waals surface area contributed by atoms with E-state index >= 15 is 0 Å². The van der Waals surface area contributed by atoms with Gasteiger partial charge in [0.25, 0.3) is 0 Å². The molecule has 2 aromatic carbocycles. The van der Waals surface area contributed by atoms with Crippen LogP contribution in [0.15, 0.2) is 60.8 Å². The van der Waals surface area contributed by atoms with Gasteiger partial charge in [-0.05, 0) is 30.2 Å². The smallest absolute Gasteiger partial charge is 0.213 e. The van der Waals surface area contributed by atoms with Gasteiger partial charge in [0.15, 0.2) is 12.7 Å². The maximum Gasteiger partial charge on any atom is 0.213 e. The topological polar surface area (TPSA) is 8.81 Å². The van der Waals surface area contributed by atoms with Gasteiger partial charge in [-0.25, -0.2) is 0 Å². The van der Waals surface area contributed by atoms with Crippen LogP contribution in [0.2, 0.25) is 0 Å². The van der Waals surface area contributed by atoms with Crippen molar-refractivity contribution in [2.45, 2.75) is 26.9 Å². The Labute approximate surface area is 142 Å². The first-order valence-corrected chi connectivity index (χ1v) is 8.75. The third kappa shape index (κ3) is 1.86. The van der Waals surface area contributed by atoms with E-state index in [1.165, 1.54) is 38.6 Å². The van der Waals surface area contributed by atoms with E-state index < -0.39 is 0 Å². The Kier molecular flexibility index (Phi) is 2.84. The molecule has 118 valence electrons. The Hall–Kier alpha value is -2.61. The largest absolute Gasteiger partial charge is 0.340 e. The normalized spacial score (nSPS) is 13.0. The Morgan fingerprint density at radius 3 is 2.67 bits per heavy atom. The molecule has 0 bridgehead atoms. The molecule has 0 radical (unpaired) electrons. The van der Waals surface area contributed by atoms with E-state index in [-0.39, 0.29) is 0 Å². The van der Waals surface area contributed by atoms with Gasteiger partial charge in [0, 0.05) is 46.0 Å². The van der Waals surface area contributed by atoms with Gasteiger partial charge in [0.1, 0.15) is 0 Å². The van der Waals surface area contributed by atoms with E-state index in [0.717, 1.165) is 13.1 Å². The van der Waals surface area contributed by atoms with Gasteiger partial charge in [-0.2, -0.15) is 4.57 Å². The predicted molar refractivity (Wildman–Crippen MR) is 99.0 cm³/mol. The summed E-state index contributed by atoms with van der Waals surface area (Å²) in [6, 6.07) is 20.1. The van der Waals surface area contributed by atoms with Gasteiger partial charge in [-0.1, -0.05) is 32.0 Å². The SMILES string of the molecule is CC(C)Cn1c2ccccc2c2cc3c(cc21)C[n+]1ccccc1-3. The zero-order chi connectivity index (χ0) is 16.3. The first kappa shape index (κ1) is 13.8. The number of benzene rings is 2. The zero-order valence-electron chi connectivity index (χ0n) is 14.2. The molecule has 0 amide bonds. The van der Waals surface area contributed by atoms with E-state index in [4.69, 9.17) is 0 Å². The first-order chi connectivity index (χ1) is 11.7. The summed E-state index contributed by atoms with van der Waals surface area (Å²) in [5, 5.41) is 2.74. The Bertz CT molecular complexity index is 1090. The highest BCUT2D eigenvalue weighted by Gasteiger charge is 2.27. The fraction of sp³-hybridized carbons (Fsp3) is 0.227. The molecular weight excluding hydrogens is 292 g/mol. The molecule has 1 aliphatic heterocycles. The molecule has 0 atom stereocenters. The van der Waals surface area contributed by atoms with Crippen LogP contribution < -0.4 is 4.57 Å². The molecule has 0 aliphatic carbocycles. The minimum atomic E-state index is 0.629. The lowest BCUT2D eigenvalue weighted by molar-refractivity contribution is -0.672. The third-order valence-corrected chi connectivity index (χ3v) is 5.10. The molecule has 0 N–H and O–H groups in total. The average Bonchev–Trinajstić information content (AvgIpc) is 3.09. The average molecular weight is 313 g/mol. The Morgan fingerprint density at radius 2 is 1.79 bits per heavy atom. The van der Waals surface area contributed by atoms with E-state index in [9.17, 15) is 0 Å². The minimum Gasteiger partial charge on any atom is -0.340 e. The fourth-order valence-corrected chi connectivity index (χ4v) is 4.11. The standard InChI is InChI=1S/C22H21N2/c1-15(2)13-24-21-9-4-3-7-17(21)19-12-18-16(11-22(19)24)14-23-10-6-5-8-20(18)23/h3-12,15H,13-14H2,1-2H3/q+1. The van der Waals surface area contributed by atoms with Crippen LogP contribution in [0, 0.1) is 5.92 Å². The molecule has 3 heterocycles. The molecule has 4 aromatic rings. The molecular formula is C22H21N2+. The lowest BCUT2D eigenvalue weighted by Gasteiger charge is -2.10. The molecule has 2 heteroatoms. The summed E-state index contributed by atoms with van der Waals surface area (Å²) in [5.41, 5.74) is 6.87. The van der Waals surface area contributed by atoms with E-state index in [1.54, 1.807) is 0 Å². The molecule has 0 saturated heterocycles. The number of fused-ring (bicyclic) bond motifs is 6. The molecule has 2 aromatic heterocycles. The molecule has 0 saturated carbocycles. The van der Waals surface area contributed by atoms with Gasteiger partial charge in [-0.3, -0.25) is 0 Å². The van der Waals surface area contributed by atoms with Crippen LogP contribution in [0.3, 0.4) is 0 Å². The van der Waals surface area contributed by atoms with Gasteiger partial charge >= 0.3 is 0 Å². The highest BCUT2D eigenvalue weighted by molar-refractivity contribution is 6.09. The summed E-state index contributed by atoms with van der Waals surface area (Å²) in [7, 11) is 0. The highest BCUT2D eigenvalue weighted by atomic mass is 15.0. The Balaban J connectivity index is 1.86. The van der Waals surface area contributed by atoms with Crippen molar-refractivity contribution >= 4 is 21.8 Å². The second-order valence-electron chi connectivity index (χ2n) is 7.26. The number of rotatable bonds is 2. The molecule has 0 unspecified atom stereocenters. The van der Waals surface area contributed by atoms with Crippen LogP contribution in [0.4, 0.5) is 0 Å². The number of nitrogens with zero attached hydrogens (tertiary/aromatic N) is 2.